The molecule has 0 amide bonds. The number of benzene rings is 1. The van der Waals surface area contributed by atoms with E-state index in [0.717, 1.165) is 39.4 Å². The second-order valence-electron chi connectivity index (χ2n) is 7.51. The third-order valence-corrected chi connectivity index (χ3v) is 5.35. The van der Waals surface area contributed by atoms with Gasteiger partial charge < -0.3 is 4.74 Å². The summed E-state index contributed by atoms with van der Waals surface area (Å²) in [7, 11) is 0. The van der Waals surface area contributed by atoms with Gasteiger partial charge in [-0.15, -0.1) is 0 Å². The van der Waals surface area contributed by atoms with Crippen LogP contribution in [0.3, 0.4) is 0 Å². The molecular weight excluding hydrogens is 393 g/mol. The molecule has 0 unspecified atom stereocenters. The molecular formula is C24H20FN5O. The number of rotatable bonds is 4. The summed E-state index contributed by atoms with van der Waals surface area (Å²) in [6.07, 6.45) is 6.94. The summed E-state index contributed by atoms with van der Waals surface area (Å²) in [6, 6.07) is 8.85. The van der Waals surface area contributed by atoms with Crippen LogP contribution < -0.4 is 4.74 Å². The summed E-state index contributed by atoms with van der Waals surface area (Å²) in [6.45, 7) is 6.12. The van der Waals surface area contributed by atoms with E-state index in [-0.39, 0.29) is 5.52 Å². The first-order valence-corrected chi connectivity index (χ1v) is 9.94. The van der Waals surface area contributed by atoms with Crippen LogP contribution in [0.25, 0.3) is 27.9 Å². The molecule has 0 spiro atoms. The monoisotopic (exact) mass is 413 g/mol. The van der Waals surface area contributed by atoms with Crippen LogP contribution in [0.5, 0.6) is 5.75 Å². The molecule has 4 aromatic heterocycles. The zero-order valence-corrected chi connectivity index (χ0v) is 17.4. The van der Waals surface area contributed by atoms with E-state index in [9.17, 15) is 0 Å². The molecule has 0 bridgehead atoms. The molecule has 0 atom stereocenters. The van der Waals surface area contributed by atoms with Gasteiger partial charge in [-0.25, -0.2) is 14.4 Å². The van der Waals surface area contributed by atoms with Gasteiger partial charge in [-0.05, 0) is 50.1 Å². The lowest BCUT2D eigenvalue weighted by Crippen LogP contribution is -2.02. The Kier molecular flexibility index (Phi) is 4.58. The van der Waals surface area contributed by atoms with Gasteiger partial charge in [0.1, 0.15) is 23.7 Å². The Hall–Kier alpha value is -3.87. The van der Waals surface area contributed by atoms with Crippen molar-refractivity contribution in [2.45, 2.75) is 27.4 Å². The van der Waals surface area contributed by atoms with Crippen molar-refractivity contribution in [3.05, 3.63) is 83.5 Å². The molecule has 154 valence electrons. The number of halogens is 1. The van der Waals surface area contributed by atoms with Crippen LogP contribution in [0.2, 0.25) is 0 Å². The van der Waals surface area contributed by atoms with Crippen LogP contribution in [0, 0.1) is 26.6 Å². The lowest BCUT2D eigenvalue weighted by atomic mass is 10.1. The van der Waals surface area contributed by atoms with Gasteiger partial charge in [0, 0.05) is 42.5 Å². The molecule has 4 heterocycles. The minimum Gasteiger partial charge on any atom is -0.489 e. The maximum Gasteiger partial charge on any atom is 0.154 e. The topological polar surface area (TPSA) is 65.2 Å². The average Bonchev–Trinajstić information content (AvgIpc) is 3.12. The van der Waals surface area contributed by atoms with Crippen LogP contribution >= 0.6 is 0 Å². The van der Waals surface area contributed by atoms with Crippen LogP contribution in [-0.2, 0) is 6.61 Å². The molecule has 5 rings (SSSR count). The lowest BCUT2D eigenvalue weighted by Gasteiger charge is -2.12. The Labute approximate surface area is 178 Å². The SMILES string of the molecule is Cc1cnccc1-c1nc(C)c2c(C)nc3c(F)cc(OCc4ccncc4)cc3n12. The summed E-state index contributed by atoms with van der Waals surface area (Å²) >= 11 is 0. The summed E-state index contributed by atoms with van der Waals surface area (Å²) in [4.78, 5) is 17.5. The van der Waals surface area contributed by atoms with Crippen molar-refractivity contribution >= 4 is 16.6 Å². The summed E-state index contributed by atoms with van der Waals surface area (Å²) in [5.41, 5.74) is 6.19. The van der Waals surface area contributed by atoms with E-state index in [1.807, 2.05) is 49.4 Å². The minimum absolute atomic E-state index is 0.284. The highest BCUT2D eigenvalue weighted by molar-refractivity contribution is 5.85. The normalized spacial score (nSPS) is 11.4. The summed E-state index contributed by atoms with van der Waals surface area (Å²) in [5, 5.41) is 0. The second-order valence-corrected chi connectivity index (χ2v) is 7.51. The molecule has 31 heavy (non-hydrogen) atoms. The molecule has 5 aromatic rings. The first kappa shape index (κ1) is 19.1. The fraction of sp³-hybridized carbons (Fsp3) is 0.167. The Bertz CT molecular complexity index is 1430. The molecule has 0 radical (unpaired) electrons. The largest absolute Gasteiger partial charge is 0.489 e. The number of hydrogen-bond donors (Lipinski definition) is 0. The zero-order valence-electron chi connectivity index (χ0n) is 17.4. The Morgan fingerprint density at radius 2 is 1.68 bits per heavy atom. The molecule has 0 saturated carbocycles. The molecule has 6 nitrogen and oxygen atoms in total. The molecule has 0 fully saturated rings. The van der Waals surface area contributed by atoms with E-state index in [2.05, 4.69) is 15.0 Å². The van der Waals surface area contributed by atoms with Gasteiger partial charge >= 0.3 is 0 Å². The number of pyridine rings is 2. The van der Waals surface area contributed by atoms with Gasteiger partial charge in [-0.3, -0.25) is 14.4 Å². The highest BCUT2D eigenvalue weighted by Gasteiger charge is 2.19. The van der Waals surface area contributed by atoms with E-state index in [4.69, 9.17) is 9.72 Å². The van der Waals surface area contributed by atoms with Crippen molar-refractivity contribution in [3.8, 4) is 17.1 Å². The second kappa shape index (κ2) is 7.43. The zero-order chi connectivity index (χ0) is 21.5. The van der Waals surface area contributed by atoms with Gasteiger partial charge in [-0.2, -0.15) is 0 Å². The molecule has 0 saturated heterocycles. The molecule has 0 aliphatic rings. The number of ether oxygens (including phenoxy) is 1. The van der Waals surface area contributed by atoms with Gasteiger partial charge in [0.15, 0.2) is 5.82 Å². The standard InChI is InChI=1S/C24H20FN5O/c1-14-12-27-9-6-19(14)24-29-16(3)23-15(2)28-22-20(25)10-18(11-21(22)30(23)24)31-13-17-4-7-26-8-5-17/h4-12H,13H2,1-3H3. The number of imidazole rings is 1. The quantitative estimate of drug-likeness (QED) is 0.416. The lowest BCUT2D eigenvalue weighted by molar-refractivity contribution is 0.305. The summed E-state index contributed by atoms with van der Waals surface area (Å²) in [5.74, 6) is 0.724. The van der Waals surface area contributed by atoms with E-state index in [0.29, 0.717) is 17.9 Å². The molecule has 7 heteroatoms. The van der Waals surface area contributed by atoms with E-state index >= 15 is 4.39 Å². The van der Waals surface area contributed by atoms with Crippen molar-refractivity contribution in [2.75, 3.05) is 0 Å². The van der Waals surface area contributed by atoms with Crippen LogP contribution in [0.1, 0.15) is 22.5 Å². The first-order chi connectivity index (χ1) is 15.0. The smallest absolute Gasteiger partial charge is 0.154 e. The Balaban J connectivity index is 1.74. The van der Waals surface area contributed by atoms with Gasteiger partial charge in [0.2, 0.25) is 0 Å². The molecule has 0 N–H and O–H groups in total. The van der Waals surface area contributed by atoms with Crippen molar-refractivity contribution in [1.29, 1.82) is 0 Å². The van der Waals surface area contributed by atoms with Crippen molar-refractivity contribution in [2.24, 2.45) is 0 Å². The van der Waals surface area contributed by atoms with Crippen LogP contribution in [0.4, 0.5) is 4.39 Å². The number of aryl methyl sites for hydroxylation is 3. The predicted molar refractivity (Wildman–Crippen MR) is 116 cm³/mol. The van der Waals surface area contributed by atoms with Crippen molar-refractivity contribution in [1.82, 2.24) is 24.3 Å². The number of hydrogen-bond acceptors (Lipinski definition) is 5. The third kappa shape index (κ3) is 3.28. The Morgan fingerprint density at radius 3 is 2.45 bits per heavy atom. The van der Waals surface area contributed by atoms with Gasteiger partial charge in [0.25, 0.3) is 0 Å². The maximum absolute atomic E-state index is 15.1. The van der Waals surface area contributed by atoms with E-state index in [1.54, 1.807) is 24.8 Å². The van der Waals surface area contributed by atoms with Gasteiger partial charge in [-0.1, -0.05) is 0 Å². The van der Waals surface area contributed by atoms with Crippen molar-refractivity contribution < 1.29 is 9.13 Å². The maximum atomic E-state index is 15.1. The molecule has 0 aliphatic heterocycles. The van der Waals surface area contributed by atoms with Crippen LogP contribution in [0.15, 0.2) is 55.1 Å². The van der Waals surface area contributed by atoms with Crippen molar-refractivity contribution in [3.63, 3.8) is 0 Å². The molecule has 0 aliphatic carbocycles. The highest BCUT2D eigenvalue weighted by atomic mass is 19.1. The fourth-order valence-corrected chi connectivity index (χ4v) is 3.88. The minimum atomic E-state index is -0.434. The summed E-state index contributed by atoms with van der Waals surface area (Å²) < 4.78 is 23.0. The van der Waals surface area contributed by atoms with E-state index < -0.39 is 5.82 Å². The van der Waals surface area contributed by atoms with Gasteiger partial charge in [0.05, 0.1) is 22.4 Å². The number of aromatic nitrogens is 5. The predicted octanol–water partition coefficient (Wildman–Crippen LogP) is 4.98. The number of nitrogens with zero attached hydrogens (tertiary/aromatic N) is 5. The van der Waals surface area contributed by atoms with E-state index in [1.165, 1.54) is 6.07 Å². The number of fused-ring (bicyclic) bond motifs is 3. The molecule has 1 aromatic carbocycles. The van der Waals surface area contributed by atoms with Crippen LogP contribution in [-0.4, -0.2) is 24.3 Å². The Morgan fingerprint density at radius 1 is 0.935 bits per heavy atom. The third-order valence-electron chi connectivity index (χ3n) is 5.35. The fourth-order valence-electron chi connectivity index (χ4n) is 3.88. The average molecular weight is 413 g/mol. The highest BCUT2D eigenvalue weighted by Crippen LogP contribution is 2.32. The first-order valence-electron chi connectivity index (χ1n) is 9.94.